The molecule has 0 aliphatic heterocycles. The van der Waals surface area contributed by atoms with Gasteiger partial charge in [-0.15, -0.1) is 0 Å². The Balaban J connectivity index is 1.60. The largest absolute Gasteiger partial charge is 0.325 e. The molecule has 4 aromatic rings. The number of carbonyl (C=O) groups excluding carboxylic acids is 1. The molecule has 0 atom stereocenters. The van der Waals surface area contributed by atoms with E-state index in [0.717, 1.165) is 22.5 Å². The zero-order valence-electron chi connectivity index (χ0n) is 17.2. The summed E-state index contributed by atoms with van der Waals surface area (Å²) in [6.07, 6.45) is 0. The van der Waals surface area contributed by atoms with Crippen LogP contribution in [0.5, 0.6) is 0 Å². The molecule has 0 saturated carbocycles. The normalized spacial score (nSPS) is 11.1. The molecule has 0 aliphatic rings. The molecule has 2 heterocycles. The number of benzene rings is 2. The molecular formula is C22H20N4O2S3. The van der Waals surface area contributed by atoms with Gasteiger partial charge < -0.3 is 10.3 Å². The number of thiazole rings is 1. The highest BCUT2D eigenvalue weighted by Gasteiger charge is 2.15. The number of hydrogen-bond donors (Lipinski definition) is 2. The SMILES string of the molecule is Cc1ccc(NC(=O)CSc2nc3c(sc(=S)n3-c3ccccc3C)c(=O)[nH]2)cc1C. The number of nitrogens with zero attached hydrogens (tertiary/aromatic N) is 2. The lowest BCUT2D eigenvalue weighted by molar-refractivity contribution is -0.113. The summed E-state index contributed by atoms with van der Waals surface area (Å²) < 4.78 is 2.84. The Kier molecular flexibility index (Phi) is 6.08. The molecule has 9 heteroatoms. The molecule has 2 N–H and O–H groups in total. The van der Waals surface area contributed by atoms with Gasteiger partial charge in [0.2, 0.25) is 5.91 Å². The second-order valence-electron chi connectivity index (χ2n) is 7.15. The van der Waals surface area contributed by atoms with Gasteiger partial charge in [0.15, 0.2) is 14.8 Å². The van der Waals surface area contributed by atoms with Gasteiger partial charge in [0.25, 0.3) is 5.56 Å². The summed E-state index contributed by atoms with van der Waals surface area (Å²) in [6, 6.07) is 13.6. The van der Waals surface area contributed by atoms with Crippen molar-refractivity contribution in [1.82, 2.24) is 14.5 Å². The monoisotopic (exact) mass is 468 g/mol. The Labute approximate surface area is 192 Å². The van der Waals surface area contributed by atoms with Crippen molar-refractivity contribution < 1.29 is 4.79 Å². The van der Waals surface area contributed by atoms with Crippen LogP contribution in [-0.4, -0.2) is 26.2 Å². The van der Waals surface area contributed by atoms with Gasteiger partial charge >= 0.3 is 0 Å². The van der Waals surface area contributed by atoms with E-state index in [1.807, 2.05) is 67.8 Å². The molecule has 0 aliphatic carbocycles. The lowest BCUT2D eigenvalue weighted by Crippen LogP contribution is -2.15. The minimum absolute atomic E-state index is 0.122. The molecule has 158 valence electrons. The van der Waals surface area contributed by atoms with Crippen LogP contribution in [0.15, 0.2) is 52.4 Å². The molecule has 0 spiro atoms. The van der Waals surface area contributed by atoms with Crippen molar-refractivity contribution in [3.8, 4) is 5.69 Å². The summed E-state index contributed by atoms with van der Waals surface area (Å²) in [5, 5.41) is 3.26. The van der Waals surface area contributed by atoms with Crippen molar-refractivity contribution in [2.45, 2.75) is 25.9 Å². The number of rotatable bonds is 5. The first-order valence-corrected chi connectivity index (χ1v) is 11.8. The Morgan fingerprint density at radius 2 is 1.94 bits per heavy atom. The van der Waals surface area contributed by atoms with E-state index in [1.165, 1.54) is 28.7 Å². The number of nitrogens with one attached hydrogen (secondary N) is 2. The van der Waals surface area contributed by atoms with Gasteiger partial charge in [0.1, 0.15) is 4.70 Å². The summed E-state index contributed by atoms with van der Waals surface area (Å²) >= 11 is 7.92. The Morgan fingerprint density at radius 3 is 2.68 bits per heavy atom. The maximum absolute atomic E-state index is 12.6. The lowest BCUT2D eigenvalue weighted by Gasteiger charge is -2.09. The molecule has 0 unspecified atom stereocenters. The molecule has 6 nitrogen and oxygen atoms in total. The van der Waals surface area contributed by atoms with Crippen molar-refractivity contribution in [2.75, 3.05) is 11.1 Å². The summed E-state index contributed by atoms with van der Waals surface area (Å²) in [7, 11) is 0. The minimum Gasteiger partial charge on any atom is -0.325 e. The topological polar surface area (TPSA) is 79.8 Å². The number of anilines is 1. The van der Waals surface area contributed by atoms with E-state index in [1.54, 1.807) is 0 Å². The highest BCUT2D eigenvalue weighted by Crippen LogP contribution is 2.26. The average molecular weight is 469 g/mol. The van der Waals surface area contributed by atoms with Crippen LogP contribution in [0, 0.1) is 24.7 Å². The van der Waals surface area contributed by atoms with Crippen molar-refractivity contribution in [3.05, 3.63) is 73.5 Å². The first-order chi connectivity index (χ1) is 14.8. The number of para-hydroxylation sites is 1. The molecule has 31 heavy (non-hydrogen) atoms. The Hall–Kier alpha value is -2.75. The summed E-state index contributed by atoms with van der Waals surface area (Å²) in [4.78, 5) is 32.4. The second-order valence-corrected chi connectivity index (χ2v) is 9.76. The summed E-state index contributed by atoms with van der Waals surface area (Å²) in [5.41, 5.74) is 5.19. The van der Waals surface area contributed by atoms with Gasteiger partial charge in [0, 0.05) is 5.69 Å². The smallest absolute Gasteiger partial charge is 0.271 e. The number of aromatic amines is 1. The van der Waals surface area contributed by atoms with E-state index >= 15 is 0 Å². The van der Waals surface area contributed by atoms with Crippen molar-refractivity contribution in [1.29, 1.82) is 0 Å². The first kappa shape index (κ1) is 21.5. The zero-order valence-corrected chi connectivity index (χ0v) is 19.6. The number of amides is 1. The highest BCUT2D eigenvalue weighted by atomic mass is 32.2. The van der Waals surface area contributed by atoms with Gasteiger partial charge in [-0.3, -0.25) is 14.2 Å². The third-order valence-electron chi connectivity index (χ3n) is 4.91. The molecule has 1 amide bonds. The van der Waals surface area contributed by atoms with Gasteiger partial charge in [-0.1, -0.05) is 47.4 Å². The fraction of sp³-hybridized carbons (Fsp3) is 0.182. The maximum Gasteiger partial charge on any atom is 0.271 e. The Bertz CT molecular complexity index is 1420. The number of aromatic nitrogens is 3. The van der Waals surface area contributed by atoms with E-state index in [2.05, 4.69) is 15.3 Å². The number of carbonyl (C=O) groups is 1. The molecule has 2 aromatic heterocycles. The van der Waals surface area contributed by atoms with E-state index in [4.69, 9.17) is 12.2 Å². The molecule has 2 aromatic carbocycles. The number of H-pyrrole nitrogens is 1. The molecule has 4 rings (SSSR count). The molecular weight excluding hydrogens is 448 g/mol. The summed E-state index contributed by atoms with van der Waals surface area (Å²) in [6.45, 7) is 6.01. The third kappa shape index (κ3) is 4.48. The van der Waals surface area contributed by atoms with Crippen LogP contribution in [0.2, 0.25) is 0 Å². The van der Waals surface area contributed by atoms with Crippen LogP contribution in [0.1, 0.15) is 16.7 Å². The fourth-order valence-corrected chi connectivity index (χ4v) is 5.05. The first-order valence-electron chi connectivity index (χ1n) is 9.55. The van der Waals surface area contributed by atoms with Crippen LogP contribution >= 0.6 is 35.3 Å². The van der Waals surface area contributed by atoms with Gasteiger partial charge in [0.05, 0.1) is 11.4 Å². The standard InChI is InChI=1S/C22H20N4O2S3/c1-12-8-9-15(10-14(12)3)23-17(27)11-30-21-24-19-18(20(28)25-21)31-22(29)26(19)16-7-5-4-6-13(16)2/h4-10H,11H2,1-3H3,(H,23,27)(H,24,25,28). The maximum atomic E-state index is 12.6. The van der Waals surface area contributed by atoms with Crippen LogP contribution < -0.4 is 10.9 Å². The van der Waals surface area contributed by atoms with Crippen LogP contribution in [0.4, 0.5) is 5.69 Å². The van der Waals surface area contributed by atoms with E-state index in [0.29, 0.717) is 19.5 Å². The highest BCUT2D eigenvalue weighted by molar-refractivity contribution is 7.99. The van der Waals surface area contributed by atoms with Crippen molar-refractivity contribution in [2.24, 2.45) is 0 Å². The van der Waals surface area contributed by atoms with Gasteiger partial charge in [-0.2, -0.15) is 0 Å². The zero-order chi connectivity index (χ0) is 22.1. The van der Waals surface area contributed by atoms with Crippen molar-refractivity contribution >= 4 is 57.3 Å². The number of fused-ring (bicyclic) bond motifs is 1. The fourth-order valence-electron chi connectivity index (χ4n) is 3.14. The van der Waals surface area contributed by atoms with E-state index < -0.39 is 0 Å². The molecule has 0 fully saturated rings. The van der Waals surface area contributed by atoms with Crippen LogP contribution in [0.3, 0.4) is 0 Å². The number of aryl methyl sites for hydroxylation is 3. The second kappa shape index (κ2) is 8.78. The predicted octanol–water partition coefficient (Wildman–Crippen LogP) is 5.16. The molecule has 0 radical (unpaired) electrons. The number of thioether (sulfide) groups is 1. The quantitative estimate of drug-likeness (QED) is 0.240. The van der Waals surface area contributed by atoms with Crippen LogP contribution in [-0.2, 0) is 4.79 Å². The van der Waals surface area contributed by atoms with Crippen LogP contribution in [0.25, 0.3) is 16.0 Å². The summed E-state index contributed by atoms with van der Waals surface area (Å²) in [5.74, 6) is -0.0478. The van der Waals surface area contributed by atoms with Gasteiger partial charge in [-0.25, -0.2) is 4.98 Å². The minimum atomic E-state index is -0.259. The molecule has 0 bridgehead atoms. The predicted molar refractivity (Wildman–Crippen MR) is 130 cm³/mol. The van der Waals surface area contributed by atoms with E-state index in [9.17, 15) is 9.59 Å². The average Bonchev–Trinajstić information content (AvgIpc) is 3.06. The molecule has 0 saturated heterocycles. The third-order valence-corrected chi connectivity index (χ3v) is 7.14. The number of hydrogen-bond acceptors (Lipinski definition) is 6. The lowest BCUT2D eigenvalue weighted by atomic mass is 10.1. The van der Waals surface area contributed by atoms with E-state index in [-0.39, 0.29) is 17.2 Å². The van der Waals surface area contributed by atoms with Crippen molar-refractivity contribution in [3.63, 3.8) is 0 Å². The van der Waals surface area contributed by atoms with Gasteiger partial charge in [-0.05, 0) is 67.9 Å². The Morgan fingerprint density at radius 1 is 1.16 bits per heavy atom.